The van der Waals surface area contributed by atoms with Crippen LogP contribution in [0.3, 0.4) is 0 Å². The fourth-order valence-electron chi connectivity index (χ4n) is 2.14. The minimum Gasteiger partial charge on any atom is -0.322 e. The maximum Gasteiger partial charge on any atom is 0.270 e. The molecule has 0 aliphatic heterocycles. The summed E-state index contributed by atoms with van der Waals surface area (Å²) in [5, 5.41) is 14.1. The Labute approximate surface area is 121 Å². The maximum atomic E-state index is 12.0. The number of nitro benzene ring substituents is 1. The highest BCUT2D eigenvalue weighted by Crippen LogP contribution is 2.22. The Kier molecular flexibility index (Phi) is 3.53. The second-order valence-corrected chi connectivity index (χ2v) is 5.19. The minimum absolute atomic E-state index is 0.00725. The summed E-state index contributed by atoms with van der Waals surface area (Å²) in [6.07, 6.45) is 2.34. The molecule has 108 valence electrons. The molecule has 0 unspecified atom stereocenters. The van der Waals surface area contributed by atoms with Crippen LogP contribution in [0.25, 0.3) is 11.3 Å². The molecule has 6 heteroatoms. The van der Waals surface area contributed by atoms with E-state index in [0.29, 0.717) is 29.4 Å². The molecule has 1 saturated carbocycles. The number of H-pyrrole nitrogens is 1. The molecule has 1 aliphatic carbocycles. The van der Waals surface area contributed by atoms with Crippen LogP contribution in [0.15, 0.2) is 41.2 Å². The van der Waals surface area contributed by atoms with Crippen molar-refractivity contribution in [3.63, 3.8) is 0 Å². The van der Waals surface area contributed by atoms with Gasteiger partial charge in [-0.1, -0.05) is 18.2 Å². The van der Waals surface area contributed by atoms with Crippen LogP contribution in [0.5, 0.6) is 0 Å². The maximum absolute atomic E-state index is 12.0. The van der Waals surface area contributed by atoms with E-state index in [1.165, 1.54) is 25.0 Å². The molecule has 6 nitrogen and oxygen atoms in total. The zero-order chi connectivity index (χ0) is 14.8. The molecule has 1 heterocycles. The highest BCUT2D eigenvalue weighted by Gasteiger charge is 2.20. The van der Waals surface area contributed by atoms with Gasteiger partial charge in [-0.2, -0.15) is 0 Å². The van der Waals surface area contributed by atoms with Gasteiger partial charge in [0.2, 0.25) is 0 Å². The molecular formula is C15H15N3O3. The fraction of sp³-hybridized carbons (Fsp3) is 0.267. The smallest absolute Gasteiger partial charge is 0.270 e. The van der Waals surface area contributed by atoms with Crippen molar-refractivity contribution in [3.05, 3.63) is 62.4 Å². The third-order valence-electron chi connectivity index (χ3n) is 3.52. The molecule has 21 heavy (non-hydrogen) atoms. The summed E-state index contributed by atoms with van der Waals surface area (Å²) in [5.41, 5.74) is 1.73. The van der Waals surface area contributed by atoms with Gasteiger partial charge in [0.15, 0.2) is 0 Å². The lowest BCUT2D eigenvalue weighted by Gasteiger charge is -2.05. The summed E-state index contributed by atoms with van der Waals surface area (Å²) in [6, 6.07) is 10.3. The largest absolute Gasteiger partial charge is 0.322 e. The molecule has 0 amide bonds. The van der Waals surface area contributed by atoms with Crippen LogP contribution in [0.1, 0.15) is 18.4 Å². The SMILES string of the molecule is O=c1[nH]c(-c2cccc([N+](=O)[O-])c2)ccc1CNC1CC1. The second kappa shape index (κ2) is 5.49. The van der Waals surface area contributed by atoms with Gasteiger partial charge in [0.25, 0.3) is 11.2 Å². The minimum atomic E-state index is -0.449. The number of hydrogen-bond acceptors (Lipinski definition) is 4. The quantitative estimate of drug-likeness (QED) is 0.651. The molecule has 1 aromatic carbocycles. The van der Waals surface area contributed by atoms with Gasteiger partial charge < -0.3 is 10.3 Å². The van der Waals surface area contributed by atoms with Gasteiger partial charge in [-0.05, 0) is 18.9 Å². The van der Waals surface area contributed by atoms with Gasteiger partial charge in [-0.15, -0.1) is 0 Å². The molecule has 1 aliphatic rings. The predicted octanol–water partition coefficient (Wildman–Crippen LogP) is 2.20. The average Bonchev–Trinajstić information content (AvgIpc) is 3.30. The lowest BCUT2D eigenvalue weighted by molar-refractivity contribution is -0.384. The summed E-state index contributed by atoms with van der Waals surface area (Å²) >= 11 is 0. The summed E-state index contributed by atoms with van der Waals surface area (Å²) in [6.45, 7) is 0.551. The van der Waals surface area contributed by atoms with Crippen LogP contribution < -0.4 is 10.9 Å². The predicted molar refractivity (Wildman–Crippen MR) is 79.0 cm³/mol. The van der Waals surface area contributed by atoms with Crippen LogP contribution in [0, 0.1) is 10.1 Å². The van der Waals surface area contributed by atoms with E-state index in [2.05, 4.69) is 10.3 Å². The number of nitro groups is 1. The van der Waals surface area contributed by atoms with Crippen molar-refractivity contribution < 1.29 is 4.92 Å². The molecule has 0 radical (unpaired) electrons. The second-order valence-electron chi connectivity index (χ2n) is 5.19. The zero-order valence-electron chi connectivity index (χ0n) is 11.3. The summed E-state index contributed by atoms with van der Waals surface area (Å²) < 4.78 is 0. The number of aromatic amines is 1. The topological polar surface area (TPSA) is 88.0 Å². The first-order valence-electron chi connectivity index (χ1n) is 6.84. The fourth-order valence-corrected chi connectivity index (χ4v) is 2.14. The third-order valence-corrected chi connectivity index (χ3v) is 3.52. The first-order valence-corrected chi connectivity index (χ1v) is 6.84. The van der Waals surface area contributed by atoms with Crippen molar-refractivity contribution in [1.82, 2.24) is 10.3 Å². The first-order chi connectivity index (χ1) is 10.1. The van der Waals surface area contributed by atoms with E-state index in [4.69, 9.17) is 0 Å². The van der Waals surface area contributed by atoms with Gasteiger partial charge in [-0.3, -0.25) is 14.9 Å². The van der Waals surface area contributed by atoms with Crippen LogP contribution >= 0.6 is 0 Å². The summed E-state index contributed by atoms with van der Waals surface area (Å²) in [4.78, 5) is 25.2. The Hall–Kier alpha value is -2.47. The molecule has 0 bridgehead atoms. The molecule has 0 atom stereocenters. The zero-order valence-corrected chi connectivity index (χ0v) is 11.3. The number of nitrogens with zero attached hydrogens (tertiary/aromatic N) is 1. The van der Waals surface area contributed by atoms with Gasteiger partial charge in [0, 0.05) is 41.5 Å². The Bertz CT molecular complexity index is 735. The molecule has 0 spiro atoms. The monoisotopic (exact) mass is 285 g/mol. The molecule has 3 rings (SSSR count). The van der Waals surface area contributed by atoms with Crippen LogP contribution in [0.2, 0.25) is 0 Å². The Morgan fingerprint density at radius 2 is 2.10 bits per heavy atom. The van der Waals surface area contributed by atoms with E-state index >= 15 is 0 Å². The Morgan fingerprint density at radius 1 is 1.29 bits per heavy atom. The van der Waals surface area contributed by atoms with Crippen molar-refractivity contribution in [3.8, 4) is 11.3 Å². The van der Waals surface area contributed by atoms with E-state index in [0.717, 1.165) is 0 Å². The van der Waals surface area contributed by atoms with Gasteiger partial charge in [-0.25, -0.2) is 0 Å². The van der Waals surface area contributed by atoms with E-state index in [1.54, 1.807) is 24.3 Å². The number of pyridine rings is 1. The van der Waals surface area contributed by atoms with Crippen LogP contribution in [-0.4, -0.2) is 15.9 Å². The van der Waals surface area contributed by atoms with Crippen molar-refractivity contribution in [2.24, 2.45) is 0 Å². The number of aromatic nitrogens is 1. The standard InChI is InChI=1S/C15H15N3O3/c19-15-11(9-16-12-5-6-12)4-7-14(17-15)10-2-1-3-13(8-10)18(20)21/h1-4,7-8,12,16H,5-6,9H2,(H,17,19). The Morgan fingerprint density at radius 3 is 2.76 bits per heavy atom. The number of benzene rings is 1. The van der Waals surface area contributed by atoms with Gasteiger partial charge in [0.05, 0.1) is 4.92 Å². The van der Waals surface area contributed by atoms with Crippen LogP contribution in [-0.2, 0) is 6.54 Å². The van der Waals surface area contributed by atoms with Gasteiger partial charge in [0.1, 0.15) is 0 Å². The normalized spacial score (nSPS) is 14.1. The van der Waals surface area contributed by atoms with Crippen molar-refractivity contribution in [2.45, 2.75) is 25.4 Å². The molecule has 1 aromatic heterocycles. The lowest BCUT2D eigenvalue weighted by atomic mass is 10.1. The number of rotatable bonds is 5. The average molecular weight is 285 g/mol. The molecule has 1 fully saturated rings. The third kappa shape index (κ3) is 3.17. The number of hydrogen-bond donors (Lipinski definition) is 2. The van der Waals surface area contributed by atoms with E-state index in [-0.39, 0.29) is 11.2 Å². The van der Waals surface area contributed by atoms with Gasteiger partial charge >= 0.3 is 0 Å². The van der Waals surface area contributed by atoms with E-state index in [9.17, 15) is 14.9 Å². The Balaban J connectivity index is 1.85. The van der Waals surface area contributed by atoms with E-state index < -0.39 is 4.92 Å². The van der Waals surface area contributed by atoms with Crippen molar-refractivity contribution in [1.29, 1.82) is 0 Å². The number of nitrogens with one attached hydrogen (secondary N) is 2. The molecule has 2 aromatic rings. The van der Waals surface area contributed by atoms with Crippen molar-refractivity contribution >= 4 is 5.69 Å². The first kappa shape index (κ1) is 13.5. The van der Waals surface area contributed by atoms with Crippen molar-refractivity contribution in [2.75, 3.05) is 0 Å². The molecule has 2 N–H and O–H groups in total. The molecular weight excluding hydrogens is 270 g/mol. The van der Waals surface area contributed by atoms with Crippen LogP contribution in [0.4, 0.5) is 5.69 Å². The van der Waals surface area contributed by atoms with E-state index in [1.807, 2.05) is 0 Å². The molecule has 0 saturated heterocycles. The summed E-state index contributed by atoms with van der Waals surface area (Å²) in [7, 11) is 0. The highest BCUT2D eigenvalue weighted by atomic mass is 16.6. The number of non-ortho nitro benzene ring substituents is 1. The highest BCUT2D eigenvalue weighted by molar-refractivity contribution is 5.62. The lowest BCUT2D eigenvalue weighted by Crippen LogP contribution is -2.22. The summed E-state index contributed by atoms with van der Waals surface area (Å²) in [5.74, 6) is 0.